The number of nitrogens with zero attached hydrogens (tertiary/aromatic N) is 3. The Balaban J connectivity index is 1.47. The first-order valence-corrected chi connectivity index (χ1v) is 7.95. The first-order valence-electron chi connectivity index (χ1n) is 7.95. The summed E-state index contributed by atoms with van der Waals surface area (Å²) < 4.78 is 15.9. The number of carbonyl (C=O) groups is 1. The number of amides is 1. The smallest absolute Gasteiger partial charge is 0.260 e. The van der Waals surface area contributed by atoms with Gasteiger partial charge in [0.15, 0.2) is 12.4 Å². The number of aromatic nitrogens is 2. The van der Waals surface area contributed by atoms with E-state index >= 15 is 0 Å². The minimum Gasteiger partial charge on any atom is -0.497 e. The molecule has 0 atom stereocenters. The first-order chi connectivity index (χ1) is 11.6. The molecule has 1 aliphatic heterocycles. The fraction of sp³-hybridized carbons (Fsp3) is 0.471. The van der Waals surface area contributed by atoms with Gasteiger partial charge in [-0.15, -0.1) is 0 Å². The summed E-state index contributed by atoms with van der Waals surface area (Å²) in [6, 6.07) is 7.18. The van der Waals surface area contributed by atoms with Crippen LogP contribution >= 0.6 is 0 Å². The SMILES string of the molecule is COc1cccc(OCC(=O)N2CC(c3nc(C(C)C)no3)C2)c1. The molecular formula is C17H21N3O4. The van der Waals surface area contributed by atoms with Crippen LogP contribution in [0.3, 0.4) is 0 Å². The zero-order chi connectivity index (χ0) is 17.1. The summed E-state index contributed by atoms with van der Waals surface area (Å²) >= 11 is 0. The van der Waals surface area contributed by atoms with Gasteiger partial charge in [0, 0.05) is 25.1 Å². The number of likely N-dealkylation sites (tertiary alicyclic amines) is 1. The third-order valence-corrected chi connectivity index (χ3v) is 3.96. The van der Waals surface area contributed by atoms with Crippen molar-refractivity contribution < 1.29 is 18.8 Å². The van der Waals surface area contributed by atoms with Gasteiger partial charge in [0.1, 0.15) is 11.5 Å². The summed E-state index contributed by atoms with van der Waals surface area (Å²) in [4.78, 5) is 18.3. The Kier molecular flexibility index (Phi) is 4.69. The molecule has 24 heavy (non-hydrogen) atoms. The molecule has 7 nitrogen and oxygen atoms in total. The van der Waals surface area contributed by atoms with E-state index in [9.17, 15) is 4.79 Å². The van der Waals surface area contributed by atoms with Crippen molar-refractivity contribution in [3.05, 3.63) is 36.0 Å². The van der Waals surface area contributed by atoms with Gasteiger partial charge in [0.05, 0.1) is 13.0 Å². The molecule has 1 saturated heterocycles. The summed E-state index contributed by atoms with van der Waals surface area (Å²) in [6.07, 6.45) is 0. The number of methoxy groups -OCH3 is 1. The van der Waals surface area contributed by atoms with Crippen molar-refractivity contribution in [1.82, 2.24) is 15.0 Å². The second-order valence-electron chi connectivity index (χ2n) is 6.11. The van der Waals surface area contributed by atoms with Gasteiger partial charge in [0.25, 0.3) is 5.91 Å². The lowest BCUT2D eigenvalue weighted by atomic mass is 10.00. The molecule has 2 aromatic rings. The number of rotatable bonds is 6. The highest BCUT2D eigenvalue weighted by Crippen LogP contribution is 2.27. The Labute approximate surface area is 140 Å². The van der Waals surface area contributed by atoms with Crippen molar-refractivity contribution in [2.75, 3.05) is 26.8 Å². The molecule has 7 heteroatoms. The van der Waals surface area contributed by atoms with Gasteiger partial charge in [-0.1, -0.05) is 25.1 Å². The molecule has 2 heterocycles. The van der Waals surface area contributed by atoms with Gasteiger partial charge < -0.3 is 18.9 Å². The topological polar surface area (TPSA) is 77.7 Å². The summed E-state index contributed by atoms with van der Waals surface area (Å²) in [5, 5.41) is 3.95. The van der Waals surface area contributed by atoms with E-state index in [1.165, 1.54) is 0 Å². The second-order valence-corrected chi connectivity index (χ2v) is 6.11. The van der Waals surface area contributed by atoms with E-state index in [-0.39, 0.29) is 24.3 Å². The molecule has 0 N–H and O–H groups in total. The average molecular weight is 331 g/mol. The number of ether oxygens (including phenoxy) is 2. The summed E-state index contributed by atoms with van der Waals surface area (Å²) in [7, 11) is 1.59. The summed E-state index contributed by atoms with van der Waals surface area (Å²) in [6.45, 7) is 5.20. The van der Waals surface area contributed by atoms with Crippen LogP contribution in [0.2, 0.25) is 0 Å². The Bertz CT molecular complexity index is 707. The zero-order valence-corrected chi connectivity index (χ0v) is 14.1. The third kappa shape index (κ3) is 3.50. The van der Waals surface area contributed by atoms with Crippen LogP contribution in [0.15, 0.2) is 28.8 Å². The lowest BCUT2D eigenvalue weighted by molar-refractivity contribution is -0.138. The third-order valence-electron chi connectivity index (χ3n) is 3.96. The molecule has 1 amide bonds. The molecule has 3 rings (SSSR count). The van der Waals surface area contributed by atoms with Crippen molar-refractivity contribution in [1.29, 1.82) is 0 Å². The highest BCUT2D eigenvalue weighted by atomic mass is 16.5. The maximum Gasteiger partial charge on any atom is 0.260 e. The van der Waals surface area contributed by atoms with E-state index in [1.54, 1.807) is 24.1 Å². The Hall–Kier alpha value is -2.57. The van der Waals surface area contributed by atoms with Crippen LogP contribution in [-0.4, -0.2) is 47.8 Å². The van der Waals surface area contributed by atoms with E-state index in [2.05, 4.69) is 10.1 Å². The van der Waals surface area contributed by atoms with E-state index in [1.807, 2.05) is 26.0 Å². The minimum atomic E-state index is -0.0577. The molecular weight excluding hydrogens is 310 g/mol. The van der Waals surface area contributed by atoms with Gasteiger partial charge in [-0.25, -0.2) is 0 Å². The van der Waals surface area contributed by atoms with Crippen LogP contribution in [0.5, 0.6) is 11.5 Å². The average Bonchev–Trinajstić information content (AvgIpc) is 3.01. The molecule has 1 aromatic heterocycles. The Morgan fingerprint density at radius 3 is 2.79 bits per heavy atom. The first kappa shape index (κ1) is 16.3. The quantitative estimate of drug-likeness (QED) is 0.807. The minimum absolute atomic E-state index is 0.000957. The largest absolute Gasteiger partial charge is 0.497 e. The van der Waals surface area contributed by atoms with E-state index in [0.717, 1.165) is 0 Å². The number of hydrogen-bond acceptors (Lipinski definition) is 6. The van der Waals surface area contributed by atoms with Crippen LogP contribution in [0.1, 0.15) is 37.4 Å². The standard InChI is InChI=1S/C17H21N3O4/c1-11(2)16-18-17(24-19-16)12-8-20(9-12)15(21)10-23-14-6-4-5-13(7-14)22-3/h4-7,11-12H,8-10H2,1-3H3. The number of hydrogen-bond donors (Lipinski definition) is 0. The molecule has 1 aromatic carbocycles. The highest BCUT2D eigenvalue weighted by Gasteiger charge is 2.35. The van der Waals surface area contributed by atoms with E-state index < -0.39 is 0 Å². The fourth-order valence-electron chi connectivity index (χ4n) is 2.41. The van der Waals surface area contributed by atoms with E-state index in [0.29, 0.717) is 36.3 Å². The maximum absolute atomic E-state index is 12.1. The molecule has 0 saturated carbocycles. The van der Waals surface area contributed by atoms with Crippen molar-refractivity contribution in [2.45, 2.75) is 25.7 Å². The molecule has 1 aliphatic rings. The van der Waals surface area contributed by atoms with Crippen LogP contribution in [0.25, 0.3) is 0 Å². The lowest BCUT2D eigenvalue weighted by Gasteiger charge is -2.36. The Morgan fingerprint density at radius 2 is 2.12 bits per heavy atom. The van der Waals surface area contributed by atoms with Crippen molar-refractivity contribution in [3.8, 4) is 11.5 Å². The van der Waals surface area contributed by atoms with Crippen molar-refractivity contribution in [2.24, 2.45) is 0 Å². The molecule has 0 aliphatic carbocycles. The number of carbonyl (C=O) groups excluding carboxylic acids is 1. The zero-order valence-electron chi connectivity index (χ0n) is 14.1. The molecule has 1 fully saturated rings. The lowest BCUT2D eigenvalue weighted by Crippen LogP contribution is -2.50. The highest BCUT2D eigenvalue weighted by molar-refractivity contribution is 5.78. The second kappa shape index (κ2) is 6.90. The normalized spacial score (nSPS) is 14.6. The fourth-order valence-corrected chi connectivity index (χ4v) is 2.41. The van der Waals surface area contributed by atoms with Gasteiger partial charge in [0.2, 0.25) is 5.89 Å². The van der Waals surface area contributed by atoms with Crippen molar-refractivity contribution in [3.63, 3.8) is 0 Å². The van der Waals surface area contributed by atoms with Crippen LogP contribution in [0, 0.1) is 0 Å². The Morgan fingerprint density at radius 1 is 1.38 bits per heavy atom. The van der Waals surface area contributed by atoms with Crippen LogP contribution in [-0.2, 0) is 4.79 Å². The van der Waals surface area contributed by atoms with Crippen LogP contribution in [0.4, 0.5) is 0 Å². The molecule has 0 spiro atoms. The maximum atomic E-state index is 12.1. The molecule has 0 radical (unpaired) electrons. The summed E-state index contributed by atoms with van der Waals surface area (Å²) in [5.74, 6) is 2.91. The van der Waals surface area contributed by atoms with E-state index in [4.69, 9.17) is 14.0 Å². The summed E-state index contributed by atoms with van der Waals surface area (Å²) in [5.41, 5.74) is 0. The van der Waals surface area contributed by atoms with Gasteiger partial charge in [-0.3, -0.25) is 4.79 Å². The molecule has 0 bridgehead atoms. The monoisotopic (exact) mass is 331 g/mol. The van der Waals surface area contributed by atoms with Gasteiger partial charge >= 0.3 is 0 Å². The van der Waals surface area contributed by atoms with Crippen molar-refractivity contribution >= 4 is 5.91 Å². The predicted octanol–water partition coefficient (Wildman–Crippen LogP) is 2.21. The predicted molar refractivity (Wildman–Crippen MR) is 86.2 cm³/mol. The number of benzene rings is 1. The van der Waals surface area contributed by atoms with Crippen LogP contribution < -0.4 is 9.47 Å². The molecule has 128 valence electrons. The van der Waals surface area contributed by atoms with Gasteiger partial charge in [-0.05, 0) is 12.1 Å². The molecule has 0 unspecified atom stereocenters. The van der Waals surface area contributed by atoms with Gasteiger partial charge in [-0.2, -0.15) is 4.98 Å².